The minimum atomic E-state index is -0.914. The number of hydrogen-bond acceptors (Lipinski definition) is 4. The zero-order chi connectivity index (χ0) is 11.5. The summed E-state index contributed by atoms with van der Waals surface area (Å²) in [6, 6.07) is 1.53. The Bertz CT molecular complexity index is 368. The third-order valence-corrected chi connectivity index (χ3v) is 1.96. The maximum Gasteiger partial charge on any atom is 0.255 e. The van der Waals surface area contributed by atoms with E-state index in [1.807, 2.05) is 0 Å². The standard InChI is InChI=1S/C9H13N3O3/c1-9(2,8(10)12-14)11-7(13)6-3-4-15-5-6/h3-5,14H,1-2H3,(H2,10,12)(H,11,13). The summed E-state index contributed by atoms with van der Waals surface area (Å²) < 4.78 is 4.77. The van der Waals surface area contributed by atoms with Crippen LogP contribution in [-0.4, -0.2) is 22.5 Å². The lowest BCUT2D eigenvalue weighted by Gasteiger charge is -2.23. The second-order valence-electron chi connectivity index (χ2n) is 3.58. The molecule has 1 rings (SSSR count). The Labute approximate surface area is 86.7 Å². The highest BCUT2D eigenvalue weighted by atomic mass is 16.4. The van der Waals surface area contributed by atoms with Crippen molar-refractivity contribution in [3.05, 3.63) is 24.2 Å². The monoisotopic (exact) mass is 211 g/mol. The number of rotatable bonds is 3. The van der Waals surface area contributed by atoms with Gasteiger partial charge < -0.3 is 20.7 Å². The molecule has 0 saturated heterocycles. The quantitative estimate of drug-likeness (QED) is 0.294. The highest BCUT2D eigenvalue weighted by Crippen LogP contribution is 2.06. The van der Waals surface area contributed by atoms with Crippen molar-refractivity contribution in [2.45, 2.75) is 19.4 Å². The van der Waals surface area contributed by atoms with E-state index in [0.717, 1.165) is 0 Å². The van der Waals surface area contributed by atoms with Crippen LogP contribution in [0.5, 0.6) is 0 Å². The molecule has 0 aliphatic rings. The van der Waals surface area contributed by atoms with Gasteiger partial charge in [-0.25, -0.2) is 0 Å². The number of amides is 1. The molecule has 6 heteroatoms. The van der Waals surface area contributed by atoms with E-state index in [9.17, 15) is 4.79 Å². The lowest BCUT2D eigenvalue weighted by Crippen LogP contribution is -2.53. The predicted octanol–water partition coefficient (Wildman–Crippen LogP) is 0.534. The van der Waals surface area contributed by atoms with Gasteiger partial charge in [-0.2, -0.15) is 0 Å². The second kappa shape index (κ2) is 4.04. The molecule has 1 aromatic heterocycles. The second-order valence-corrected chi connectivity index (χ2v) is 3.58. The molecule has 1 heterocycles. The molecule has 4 N–H and O–H groups in total. The maximum atomic E-state index is 11.6. The third kappa shape index (κ3) is 2.49. The van der Waals surface area contributed by atoms with Gasteiger partial charge in [0.15, 0.2) is 5.84 Å². The minimum Gasteiger partial charge on any atom is -0.472 e. The Kier molecular flexibility index (Phi) is 2.99. The normalized spacial score (nSPS) is 12.5. The Morgan fingerprint density at radius 2 is 2.33 bits per heavy atom. The Morgan fingerprint density at radius 1 is 1.67 bits per heavy atom. The molecule has 0 aliphatic carbocycles. The molecule has 0 aromatic carbocycles. The molecule has 0 fully saturated rings. The van der Waals surface area contributed by atoms with Gasteiger partial charge in [0, 0.05) is 0 Å². The minimum absolute atomic E-state index is 0.0701. The summed E-state index contributed by atoms with van der Waals surface area (Å²) in [6.45, 7) is 3.25. The summed E-state index contributed by atoms with van der Waals surface area (Å²) in [4.78, 5) is 11.6. The summed E-state index contributed by atoms with van der Waals surface area (Å²) >= 11 is 0. The molecular formula is C9H13N3O3. The van der Waals surface area contributed by atoms with E-state index in [1.54, 1.807) is 13.8 Å². The largest absolute Gasteiger partial charge is 0.472 e. The molecule has 0 bridgehead atoms. The Hall–Kier alpha value is -1.98. The van der Waals surface area contributed by atoms with Crippen molar-refractivity contribution in [1.29, 1.82) is 0 Å². The first-order chi connectivity index (χ1) is 6.97. The highest BCUT2D eigenvalue weighted by molar-refractivity contribution is 5.99. The van der Waals surface area contributed by atoms with Gasteiger partial charge in [-0.05, 0) is 19.9 Å². The van der Waals surface area contributed by atoms with Crippen LogP contribution >= 0.6 is 0 Å². The molecule has 0 saturated carbocycles. The van der Waals surface area contributed by atoms with Gasteiger partial charge >= 0.3 is 0 Å². The number of nitrogens with one attached hydrogen (secondary N) is 1. The summed E-state index contributed by atoms with van der Waals surface area (Å²) in [6.07, 6.45) is 2.71. The number of carbonyl (C=O) groups excluding carboxylic acids is 1. The fourth-order valence-electron chi connectivity index (χ4n) is 0.939. The van der Waals surface area contributed by atoms with Gasteiger partial charge in [-0.3, -0.25) is 4.79 Å². The maximum absolute atomic E-state index is 11.6. The topological polar surface area (TPSA) is 101 Å². The van der Waals surface area contributed by atoms with Crippen molar-refractivity contribution >= 4 is 11.7 Å². The molecule has 1 amide bonds. The molecular weight excluding hydrogens is 198 g/mol. The fourth-order valence-corrected chi connectivity index (χ4v) is 0.939. The van der Waals surface area contributed by atoms with Crippen LogP contribution < -0.4 is 11.1 Å². The van der Waals surface area contributed by atoms with E-state index in [-0.39, 0.29) is 11.7 Å². The van der Waals surface area contributed by atoms with Crippen LogP contribution in [0.3, 0.4) is 0 Å². The van der Waals surface area contributed by atoms with Gasteiger partial charge in [0.2, 0.25) is 0 Å². The van der Waals surface area contributed by atoms with Crippen LogP contribution in [-0.2, 0) is 0 Å². The van der Waals surface area contributed by atoms with E-state index in [4.69, 9.17) is 15.4 Å². The zero-order valence-electron chi connectivity index (χ0n) is 8.52. The van der Waals surface area contributed by atoms with E-state index < -0.39 is 5.54 Å². The van der Waals surface area contributed by atoms with E-state index >= 15 is 0 Å². The van der Waals surface area contributed by atoms with Crippen LogP contribution in [0.1, 0.15) is 24.2 Å². The Balaban J connectivity index is 2.75. The average Bonchev–Trinajstić information content (AvgIpc) is 2.68. The molecule has 0 aliphatic heterocycles. The summed E-state index contributed by atoms with van der Waals surface area (Å²) in [5.41, 5.74) is 4.88. The number of carbonyl (C=O) groups is 1. The predicted molar refractivity (Wildman–Crippen MR) is 53.7 cm³/mol. The summed E-state index contributed by atoms with van der Waals surface area (Å²) in [7, 11) is 0. The summed E-state index contributed by atoms with van der Waals surface area (Å²) in [5.74, 6) is -0.417. The summed E-state index contributed by atoms with van der Waals surface area (Å²) in [5, 5.41) is 14.0. The SMILES string of the molecule is CC(C)(NC(=O)c1ccoc1)/C(N)=N/O. The molecule has 0 atom stereocenters. The lowest BCUT2D eigenvalue weighted by atomic mass is 10.0. The number of hydrogen-bond donors (Lipinski definition) is 3. The smallest absolute Gasteiger partial charge is 0.255 e. The fraction of sp³-hybridized carbons (Fsp3) is 0.333. The first kappa shape index (κ1) is 11.1. The lowest BCUT2D eigenvalue weighted by molar-refractivity contribution is 0.0930. The number of nitrogens with two attached hydrogens (primary N) is 1. The first-order valence-corrected chi connectivity index (χ1v) is 4.30. The number of furan rings is 1. The van der Waals surface area contributed by atoms with Gasteiger partial charge in [0.1, 0.15) is 6.26 Å². The van der Waals surface area contributed by atoms with Crippen molar-refractivity contribution in [1.82, 2.24) is 5.32 Å². The molecule has 15 heavy (non-hydrogen) atoms. The van der Waals surface area contributed by atoms with Crippen molar-refractivity contribution in [3.8, 4) is 0 Å². The highest BCUT2D eigenvalue weighted by Gasteiger charge is 2.26. The van der Waals surface area contributed by atoms with Crippen LogP contribution in [0.4, 0.5) is 0 Å². The number of oxime groups is 1. The number of nitrogens with zero attached hydrogens (tertiary/aromatic N) is 1. The van der Waals surface area contributed by atoms with Crippen molar-refractivity contribution in [2.75, 3.05) is 0 Å². The molecule has 82 valence electrons. The molecule has 0 unspecified atom stereocenters. The first-order valence-electron chi connectivity index (χ1n) is 4.30. The molecule has 6 nitrogen and oxygen atoms in total. The van der Waals surface area contributed by atoms with Gasteiger partial charge in [-0.1, -0.05) is 5.16 Å². The van der Waals surface area contributed by atoms with Crippen molar-refractivity contribution < 1.29 is 14.4 Å². The van der Waals surface area contributed by atoms with E-state index in [1.165, 1.54) is 18.6 Å². The molecule has 0 radical (unpaired) electrons. The average molecular weight is 211 g/mol. The zero-order valence-corrected chi connectivity index (χ0v) is 8.52. The number of amidine groups is 1. The van der Waals surface area contributed by atoms with E-state index in [0.29, 0.717) is 5.56 Å². The van der Waals surface area contributed by atoms with Crippen molar-refractivity contribution in [3.63, 3.8) is 0 Å². The molecule has 0 spiro atoms. The molecule has 1 aromatic rings. The van der Waals surface area contributed by atoms with Gasteiger partial charge in [0.25, 0.3) is 5.91 Å². The van der Waals surface area contributed by atoms with E-state index in [2.05, 4.69) is 10.5 Å². The van der Waals surface area contributed by atoms with Crippen LogP contribution in [0.15, 0.2) is 28.2 Å². The third-order valence-electron chi connectivity index (χ3n) is 1.96. The van der Waals surface area contributed by atoms with Crippen LogP contribution in [0, 0.1) is 0 Å². The Morgan fingerprint density at radius 3 is 2.80 bits per heavy atom. The van der Waals surface area contributed by atoms with Gasteiger partial charge in [0.05, 0.1) is 17.4 Å². The van der Waals surface area contributed by atoms with Crippen molar-refractivity contribution in [2.24, 2.45) is 10.9 Å². The van der Waals surface area contributed by atoms with Gasteiger partial charge in [-0.15, -0.1) is 0 Å². The van der Waals surface area contributed by atoms with Crippen LogP contribution in [0.25, 0.3) is 0 Å². The van der Waals surface area contributed by atoms with Crippen LogP contribution in [0.2, 0.25) is 0 Å².